The summed E-state index contributed by atoms with van der Waals surface area (Å²) < 4.78 is 13.7. The monoisotopic (exact) mass is 428 g/mol. The maximum Gasteiger partial charge on any atom is 0.230 e. The number of carbonyl (C=O) groups is 1. The summed E-state index contributed by atoms with van der Waals surface area (Å²) >= 11 is 1.41. The molecule has 1 unspecified atom stereocenters. The number of fused-ring (bicyclic) bond motifs is 1. The van der Waals surface area contributed by atoms with Gasteiger partial charge in [0.15, 0.2) is 16.7 Å². The lowest BCUT2D eigenvalue weighted by molar-refractivity contribution is -0.119. The second-order valence-corrected chi connectivity index (χ2v) is 8.61. The van der Waals surface area contributed by atoms with E-state index in [-0.39, 0.29) is 17.8 Å². The standard InChI is InChI=1S/C22H28N4O3S/c1-2-12-26-21(16-8-4-3-5-9-16)24-25-22(26)30-15-20(27)23-13-17-14-28-18-10-6-7-11-19(18)29-17/h2,6-7,10-11,16-17H,1,3-5,8-9,12-15H2,(H,23,27). The number of thioether (sulfide) groups is 1. The fourth-order valence-corrected chi connectivity index (χ4v) is 4.73. The Kier molecular flexibility index (Phi) is 6.94. The van der Waals surface area contributed by atoms with Gasteiger partial charge in [-0.15, -0.1) is 16.8 Å². The van der Waals surface area contributed by atoms with E-state index in [1.54, 1.807) is 0 Å². The van der Waals surface area contributed by atoms with Gasteiger partial charge in [-0.25, -0.2) is 0 Å². The van der Waals surface area contributed by atoms with E-state index in [1.807, 2.05) is 30.3 Å². The number of hydrogen-bond donors (Lipinski definition) is 1. The third-order valence-electron chi connectivity index (χ3n) is 5.45. The fraction of sp³-hybridized carbons (Fsp3) is 0.500. The smallest absolute Gasteiger partial charge is 0.230 e. The van der Waals surface area contributed by atoms with Gasteiger partial charge in [0.05, 0.1) is 12.3 Å². The molecule has 160 valence electrons. The summed E-state index contributed by atoms with van der Waals surface area (Å²) in [7, 11) is 0. The van der Waals surface area contributed by atoms with E-state index in [0.29, 0.717) is 31.4 Å². The number of amides is 1. The van der Waals surface area contributed by atoms with Crippen molar-refractivity contribution in [3.63, 3.8) is 0 Å². The first-order valence-electron chi connectivity index (χ1n) is 10.6. The van der Waals surface area contributed by atoms with Crippen molar-refractivity contribution >= 4 is 17.7 Å². The van der Waals surface area contributed by atoms with Crippen LogP contribution in [0.25, 0.3) is 0 Å². The number of rotatable bonds is 8. The number of carbonyl (C=O) groups excluding carboxylic acids is 1. The SMILES string of the molecule is C=CCn1c(SCC(=O)NCC2COc3ccccc3O2)nnc1C1CCCCC1. The molecule has 7 nitrogen and oxygen atoms in total. The summed E-state index contributed by atoms with van der Waals surface area (Å²) in [6.45, 7) is 5.35. The Balaban J connectivity index is 1.28. The summed E-state index contributed by atoms with van der Waals surface area (Å²) in [6, 6.07) is 7.56. The zero-order valence-electron chi connectivity index (χ0n) is 17.1. The number of nitrogens with zero attached hydrogens (tertiary/aromatic N) is 3. The van der Waals surface area contributed by atoms with Gasteiger partial charge in [-0.05, 0) is 25.0 Å². The number of nitrogens with one attached hydrogen (secondary N) is 1. The van der Waals surface area contributed by atoms with E-state index in [4.69, 9.17) is 9.47 Å². The average molecular weight is 429 g/mol. The van der Waals surface area contributed by atoms with Gasteiger partial charge in [0, 0.05) is 12.5 Å². The summed E-state index contributed by atoms with van der Waals surface area (Å²) in [5, 5.41) is 12.5. The predicted octanol–water partition coefficient (Wildman–Crippen LogP) is 3.56. The van der Waals surface area contributed by atoms with Gasteiger partial charge >= 0.3 is 0 Å². The molecule has 0 saturated heterocycles. The highest BCUT2D eigenvalue weighted by Gasteiger charge is 2.24. The van der Waals surface area contributed by atoms with Crippen molar-refractivity contribution < 1.29 is 14.3 Å². The van der Waals surface area contributed by atoms with Crippen LogP contribution < -0.4 is 14.8 Å². The second-order valence-electron chi connectivity index (χ2n) is 7.67. The lowest BCUT2D eigenvalue weighted by atomic mass is 9.89. The molecular formula is C22H28N4O3S. The van der Waals surface area contributed by atoms with Crippen molar-refractivity contribution in [3.05, 3.63) is 42.7 Å². The molecule has 1 amide bonds. The molecule has 0 bridgehead atoms. The first-order chi connectivity index (χ1) is 14.7. The number of benzene rings is 1. The Morgan fingerprint density at radius 3 is 2.83 bits per heavy atom. The quantitative estimate of drug-likeness (QED) is 0.512. The Bertz CT molecular complexity index is 879. The summed E-state index contributed by atoms with van der Waals surface area (Å²) in [5.41, 5.74) is 0. The van der Waals surface area contributed by atoms with Crippen LogP contribution in [0.4, 0.5) is 0 Å². The van der Waals surface area contributed by atoms with Crippen molar-refractivity contribution in [3.8, 4) is 11.5 Å². The van der Waals surface area contributed by atoms with Crippen LogP contribution in [0.1, 0.15) is 43.8 Å². The Hall–Kier alpha value is -2.48. The van der Waals surface area contributed by atoms with Crippen molar-refractivity contribution in [1.82, 2.24) is 20.1 Å². The molecule has 2 aromatic rings. The molecule has 1 fully saturated rings. The summed E-state index contributed by atoms with van der Waals surface area (Å²) in [4.78, 5) is 12.4. The maximum absolute atomic E-state index is 12.4. The molecule has 1 N–H and O–H groups in total. The van der Waals surface area contributed by atoms with Crippen LogP contribution in [0.3, 0.4) is 0 Å². The highest BCUT2D eigenvalue weighted by molar-refractivity contribution is 7.99. The molecule has 30 heavy (non-hydrogen) atoms. The minimum Gasteiger partial charge on any atom is -0.486 e. The van der Waals surface area contributed by atoms with Gasteiger partial charge in [0.25, 0.3) is 0 Å². The summed E-state index contributed by atoms with van der Waals surface area (Å²) in [5.74, 6) is 3.17. The highest BCUT2D eigenvalue weighted by atomic mass is 32.2. The molecule has 1 aliphatic heterocycles. The molecule has 0 radical (unpaired) electrons. The number of aromatic nitrogens is 3. The molecule has 1 aromatic heterocycles. The Labute approximate surface area is 181 Å². The topological polar surface area (TPSA) is 78.3 Å². The van der Waals surface area contributed by atoms with Crippen molar-refractivity contribution in [2.45, 2.75) is 55.8 Å². The molecule has 1 saturated carbocycles. The van der Waals surface area contributed by atoms with Gasteiger partial charge in [-0.3, -0.25) is 4.79 Å². The Morgan fingerprint density at radius 1 is 1.23 bits per heavy atom. The largest absolute Gasteiger partial charge is 0.486 e. The average Bonchev–Trinajstić information content (AvgIpc) is 3.19. The number of hydrogen-bond acceptors (Lipinski definition) is 6. The van der Waals surface area contributed by atoms with Gasteiger partial charge in [0.1, 0.15) is 18.5 Å². The van der Waals surface area contributed by atoms with Crippen LogP contribution in [0.5, 0.6) is 11.5 Å². The first kappa shape index (κ1) is 20.8. The third-order valence-corrected chi connectivity index (χ3v) is 6.42. The molecule has 4 rings (SSSR count). The van der Waals surface area contributed by atoms with Gasteiger partial charge in [0.2, 0.25) is 5.91 Å². The van der Waals surface area contributed by atoms with Crippen molar-refractivity contribution in [2.75, 3.05) is 18.9 Å². The first-order valence-corrected chi connectivity index (χ1v) is 11.5. The molecule has 1 aromatic carbocycles. The molecule has 1 atom stereocenters. The second kappa shape index (κ2) is 10.0. The van der Waals surface area contributed by atoms with Crippen LogP contribution >= 0.6 is 11.8 Å². The van der Waals surface area contributed by atoms with Crippen LogP contribution in [-0.4, -0.2) is 45.7 Å². The highest BCUT2D eigenvalue weighted by Crippen LogP contribution is 2.33. The lowest BCUT2D eigenvalue weighted by Gasteiger charge is -2.26. The predicted molar refractivity (Wildman–Crippen MR) is 116 cm³/mol. The Morgan fingerprint density at radius 2 is 2.03 bits per heavy atom. The fourth-order valence-electron chi connectivity index (χ4n) is 3.94. The van der Waals surface area contributed by atoms with Gasteiger partial charge in [-0.2, -0.15) is 0 Å². The lowest BCUT2D eigenvalue weighted by Crippen LogP contribution is -2.41. The van der Waals surface area contributed by atoms with Crippen LogP contribution in [-0.2, 0) is 11.3 Å². The molecule has 0 spiro atoms. The number of ether oxygens (including phenoxy) is 2. The molecule has 2 aliphatic rings. The summed E-state index contributed by atoms with van der Waals surface area (Å²) in [6.07, 6.45) is 7.77. The van der Waals surface area contributed by atoms with Crippen molar-refractivity contribution in [1.29, 1.82) is 0 Å². The van der Waals surface area contributed by atoms with E-state index in [0.717, 1.165) is 29.6 Å². The maximum atomic E-state index is 12.4. The van der Waals surface area contributed by atoms with E-state index < -0.39 is 0 Å². The van der Waals surface area contributed by atoms with E-state index in [2.05, 4.69) is 26.7 Å². The zero-order chi connectivity index (χ0) is 20.8. The van der Waals surface area contributed by atoms with Gasteiger partial charge < -0.3 is 19.4 Å². The van der Waals surface area contributed by atoms with Crippen LogP contribution in [0.15, 0.2) is 42.1 Å². The third kappa shape index (κ3) is 4.98. The number of allylic oxidation sites excluding steroid dienone is 1. The van der Waals surface area contributed by atoms with Crippen LogP contribution in [0.2, 0.25) is 0 Å². The van der Waals surface area contributed by atoms with Gasteiger partial charge in [-0.1, -0.05) is 49.2 Å². The van der Waals surface area contributed by atoms with E-state index in [1.165, 1.54) is 31.0 Å². The van der Waals surface area contributed by atoms with Crippen molar-refractivity contribution in [2.24, 2.45) is 0 Å². The minimum atomic E-state index is -0.198. The van der Waals surface area contributed by atoms with E-state index in [9.17, 15) is 4.79 Å². The van der Waals surface area contributed by atoms with Crippen LogP contribution in [0, 0.1) is 0 Å². The number of para-hydroxylation sites is 2. The molecule has 2 heterocycles. The van der Waals surface area contributed by atoms with E-state index >= 15 is 0 Å². The molecule has 8 heteroatoms. The normalized spacial score (nSPS) is 18.7. The minimum absolute atomic E-state index is 0.0603. The zero-order valence-corrected chi connectivity index (χ0v) is 17.9. The molecular weight excluding hydrogens is 400 g/mol. The molecule has 1 aliphatic carbocycles.